The van der Waals surface area contributed by atoms with Crippen LogP contribution in [-0.2, 0) is 14.6 Å². The third-order valence-corrected chi connectivity index (χ3v) is 5.56. The topological polar surface area (TPSA) is 98.5 Å². The lowest BCUT2D eigenvalue weighted by Crippen LogP contribution is -2.42. The van der Waals surface area contributed by atoms with Gasteiger partial charge in [0.15, 0.2) is 9.84 Å². The van der Waals surface area contributed by atoms with Crippen molar-refractivity contribution < 1.29 is 18.1 Å². The summed E-state index contributed by atoms with van der Waals surface area (Å²) in [6.45, 7) is 7.56. The number of nitro groups is 1. The maximum atomic E-state index is 11.8. The van der Waals surface area contributed by atoms with Crippen LogP contribution < -0.4 is 5.32 Å². The highest BCUT2D eigenvalue weighted by molar-refractivity contribution is 7.90. The van der Waals surface area contributed by atoms with Crippen LogP contribution in [0.5, 0.6) is 0 Å². The Labute approximate surface area is 148 Å². The van der Waals surface area contributed by atoms with E-state index < -0.39 is 20.4 Å². The average Bonchev–Trinajstić information content (AvgIpc) is 2.51. The van der Waals surface area contributed by atoms with Crippen LogP contribution in [0.25, 0.3) is 0 Å². The van der Waals surface area contributed by atoms with Gasteiger partial charge in [0, 0.05) is 25.3 Å². The van der Waals surface area contributed by atoms with Crippen molar-refractivity contribution in [2.75, 3.05) is 24.7 Å². The minimum absolute atomic E-state index is 0.0344. The Kier molecular flexibility index (Phi) is 5.73. The number of para-hydroxylation sites is 1. The summed E-state index contributed by atoms with van der Waals surface area (Å²) in [6, 6.07) is 4.33. The van der Waals surface area contributed by atoms with Gasteiger partial charge in [-0.1, -0.05) is 26.8 Å². The molecule has 25 heavy (non-hydrogen) atoms. The number of nitro benzene ring substituents is 1. The first-order valence-electron chi connectivity index (χ1n) is 8.34. The van der Waals surface area contributed by atoms with Crippen molar-refractivity contribution in [1.29, 1.82) is 0 Å². The maximum absolute atomic E-state index is 11.8. The van der Waals surface area contributed by atoms with Crippen molar-refractivity contribution >= 4 is 21.2 Å². The second kappa shape index (κ2) is 7.29. The van der Waals surface area contributed by atoms with Gasteiger partial charge in [-0.25, -0.2) is 8.42 Å². The number of ether oxygens (including phenoxy) is 1. The van der Waals surface area contributed by atoms with Gasteiger partial charge in [-0.15, -0.1) is 0 Å². The van der Waals surface area contributed by atoms with Gasteiger partial charge in [-0.3, -0.25) is 10.1 Å². The van der Waals surface area contributed by atoms with Crippen molar-refractivity contribution in [2.24, 2.45) is 11.3 Å². The van der Waals surface area contributed by atoms with Gasteiger partial charge < -0.3 is 10.1 Å². The summed E-state index contributed by atoms with van der Waals surface area (Å²) in [4.78, 5) is 10.5. The molecule has 0 radical (unpaired) electrons. The molecule has 1 aromatic carbocycles. The first kappa shape index (κ1) is 19.7. The minimum Gasteiger partial charge on any atom is -0.379 e. The summed E-state index contributed by atoms with van der Waals surface area (Å²) in [6.07, 6.45) is 2.94. The Morgan fingerprint density at radius 1 is 1.36 bits per heavy atom. The molecule has 1 fully saturated rings. The smallest absolute Gasteiger partial charge is 0.310 e. The number of hydrogen-bond acceptors (Lipinski definition) is 6. The lowest BCUT2D eigenvalue weighted by atomic mass is 9.78. The highest BCUT2D eigenvalue weighted by atomic mass is 32.2. The quantitative estimate of drug-likeness (QED) is 0.631. The molecule has 1 heterocycles. The Balaban J connectivity index is 2.27. The summed E-state index contributed by atoms with van der Waals surface area (Å²) < 4.78 is 29.6. The summed E-state index contributed by atoms with van der Waals surface area (Å²) in [5.41, 5.74) is -0.201. The fourth-order valence-corrected chi connectivity index (χ4v) is 4.26. The van der Waals surface area contributed by atoms with Crippen LogP contribution in [0.3, 0.4) is 0 Å². The van der Waals surface area contributed by atoms with E-state index in [1.807, 2.05) is 0 Å². The van der Waals surface area contributed by atoms with Gasteiger partial charge in [0.1, 0.15) is 10.6 Å². The number of rotatable bonds is 5. The van der Waals surface area contributed by atoms with Crippen LogP contribution >= 0.6 is 0 Å². The molecular formula is C17H26N2O5S. The van der Waals surface area contributed by atoms with E-state index in [4.69, 9.17) is 4.74 Å². The number of nitrogens with one attached hydrogen (secondary N) is 1. The van der Waals surface area contributed by atoms with Crippen LogP contribution in [0.1, 0.15) is 33.6 Å². The SMILES string of the molecule is CC(C)(C)C1OCCCC1CNc1cccc(S(C)(=O)=O)c1[N+](=O)[O-]. The molecule has 1 N–H and O–H groups in total. The zero-order valence-electron chi connectivity index (χ0n) is 15.1. The Morgan fingerprint density at radius 2 is 2.04 bits per heavy atom. The zero-order valence-corrected chi connectivity index (χ0v) is 15.9. The second-order valence-electron chi connectivity index (χ2n) is 7.62. The molecule has 2 atom stereocenters. The molecule has 1 aromatic rings. The van der Waals surface area contributed by atoms with Gasteiger partial charge in [-0.05, 0) is 30.4 Å². The fraction of sp³-hybridized carbons (Fsp3) is 0.647. The molecule has 1 aliphatic heterocycles. The standard InChI is InChI=1S/C17H26N2O5S/c1-17(2,3)16-12(7-6-10-24-16)11-18-13-8-5-9-14(25(4,22)23)15(13)19(20)21/h5,8-9,12,16,18H,6-7,10-11H2,1-4H3. The number of benzene rings is 1. The average molecular weight is 370 g/mol. The third kappa shape index (κ3) is 4.70. The summed E-state index contributed by atoms with van der Waals surface area (Å²) in [5.74, 6) is 0.204. The molecule has 2 unspecified atom stereocenters. The van der Waals surface area contributed by atoms with Crippen LogP contribution in [-0.4, -0.2) is 38.9 Å². The lowest BCUT2D eigenvalue weighted by molar-refractivity contribution is -0.386. The van der Waals surface area contributed by atoms with Crippen LogP contribution in [0.4, 0.5) is 11.4 Å². The Hall–Kier alpha value is -1.67. The van der Waals surface area contributed by atoms with Crippen molar-refractivity contribution in [1.82, 2.24) is 0 Å². The van der Waals surface area contributed by atoms with Crippen LogP contribution in [0.15, 0.2) is 23.1 Å². The first-order chi connectivity index (χ1) is 11.5. The number of hydrogen-bond donors (Lipinski definition) is 1. The molecule has 8 heteroatoms. The molecule has 0 bridgehead atoms. The van der Waals surface area contributed by atoms with Gasteiger partial charge in [0.25, 0.3) is 0 Å². The summed E-state index contributed by atoms with van der Waals surface area (Å²) in [5, 5.41) is 14.5. The van der Waals surface area contributed by atoms with E-state index in [-0.39, 0.29) is 28.0 Å². The molecule has 0 aromatic heterocycles. The normalized spacial score (nSPS) is 21.8. The van der Waals surface area contributed by atoms with Crippen molar-refractivity contribution in [3.63, 3.8) is 0 Å². The molecule has 1 aliphatic rings. The molecule has 1 saturated heterocycles. The van der Waals surface area contributed by atoms with E-state index in [9.17, 15) is 18.5 Å². The van der Waals surface area contributed by atoms with E-state index in [1.54, 1.807) is 6.07 Å². The number of sulfone groups is 1. The molecule has 0 spiro atoms. The van der Waals surface area contributed by atoms with Gasteiger partial charge in [0.2, 0.25) is 0 Å². The molecule has 0 amide bonds. The van der Waals surface area contributed by atoms with E-state index in [0.717, 1.165) is 25.7 Å². The van der Waals surface area contributed by atoms with Gasteiger partial charge in [-0.2, -0.15) is 0 Å². The molecule has 7 nitrogen and oxygen atoms in total. The summed E-state index contributed by atoms with van der Waals surface area (Å²) in [7, 11) is -3.68. The van der Waals surface area contributed by atoms with E-state index >= 15 is 0 Å². The molecule has 2 rings (SSSR count). The third-order valence-electron chi connectivity index (χ3n) is 4.43. The second-order valence-corrected chi connectivity index (χ2v) is 9.61. The molecule has 0 saturated carbocycles. The lowest BCUT2D eigenvalue weighted by Gasteiger charge is -2.40. The van der Waals surface area contributed by atoms with Crippen LogP contribution in [0.2, 0.25) is 0 Å². The fourth-order valence-electron chi connectivity index (χ4n) is 3.40. The molecule has 140 valence electrons. The van der Waals surface area contributed by atoms with E-state index in [2.05, 4.69) is 26.1 Å². The monoisotopic (exact) mass is 370 g/mol. The van der Waals surface area contributed by atoms with Crippen LogP contribution in [0, 0.1) is 21.4 Å². The highest BCUT2D eigenvalue weighted by Crippen LogP contribution is 2.36. The Bertz CT molecular complexity index is 740. The summed E-state index contributed by atoms with van der Waals surface area (Å²) >= 11 is 0. The van der Waals surface area contributed by atoms with Gasteiger partial charge >= 0.3 is 5.69 Å². The number of anilines is 1. The largest absolute Gasteiger partial charge is 0.379 e. The van der Waals surface area contributed by atoms with E-state index in [0.29, 0.717) is 6.54 Å². The predicted octanol–water partition coefficient (Wildman–Crippen LogP) is 3.25. The zero-order chi connectivity index (χ0) is 18.8. The number of nitrogens with zero attached hydrogens (tertiary/aromatic N) is 1. The maximum Gasteiger partial charge on any atom is 0.310 e. The highest BCUT2D eigenvalue weighted by Gasteiger charge is 2.35. The van der Waals surface area contributed by atoms with Gasteiger partial charge in [0.05, 0.1) is 11.0 Å². The van der Waals surface area contributed by atoms with E-state index in [1.165, 1.54) is 12.1 Å². The van der Waals surface area contributed by atoms with Crippen molar-refractivity contribution in [2.45, 2.75) is 44.6 Å². The molecule has 0 aliphatic carbocycles. The minimum atomic E-state index is -3.68. The predicted molar refractivity (Wildman–Crippen MR) is 96.6 cm³/mol. The first-order valence-corrected chi connectivity index (χ1v) is 10.2. The van der Waals surface area contributed by atoms with Crippen molar-refractivity contribution in [3.8, 4) is 0 Å². The molecular weight excluding hydrogens is 344 g/mol. The Morgan fingerprint density at radius 3 is 2.60 bits per heavy atom. The van der Waals surface area contributed by atoms with Crippen molar-refractivity contribution in [3.05, 3.63) is 28.3 Å².